The van der Waals surface area contributed by atoms with Gasteiger partial charge in [-0.25, -0.2) is 0 Å². The molecule has 0 aliphatic rings. The molecule has 0 fully saturated rings. The fraction of sp³-hybridized carbons (Fsp3) is 0.800. The molecular formula is C20H38O2. The first-order valence-electron chi connectivity index (χ1n) is 9.35. The normalized spacial score (nSPS) is 11.6. The summed E-state index contributed by atoms with van der Waals surface area (Å²) in [7, 11) is 0. The summed E-state index contributed by atoms with van der Waals surface area (Å²) < 4.78 is 11.8. The van der Waals surface area contributed by atoms with Crippen LogP contribution in [0, 0.1) is 0 Å². The first kappa shape index (κ1) is 21.4. The van der Waals surface area contributed by atoms with Crippen molar-refractivity contribution in [2.24, 2.45) is 0 Å². The third kappa shape index (κ3) is 15.8. The lowest BCUT2D eigenvalue weighted by Gasteiger charge is -2.17. The average Bonchev–Trinajstić information content (AvgIpc) is 2.53. The highest BCUT2D eigenvalue weighted by Gasteiger charge is 2.07. The van der Waals surface area contributed by atoms with Gasteiger partial charge in [0.25, 0.3) is 0 Å². The Balaban J connectivity index is 3.74. The summed E-state index contributed by atoms with van der Waals surface area (Å²) in [5.41, 5.74) is 0. The van der Waals surface area contributed by atoms with Crippen molar-refractivity contribution in [2.45, 2.75) is 90.8 Å². The molecule has 0 aromatic heterocycles. The van der Waals surface area contributed by atoms with Gasteiger partial charge in [-0.3, -0.25) is 0 Å². The SMILES string of the molecule is C=C/C=C/CC(OCCCCCCC)OCCCCCCC. The number of rotatable bonds is 17. The molecule has 0 aliphatic carbocycles. The first-order chi connectivity index (χ1) is 10.8. The van der Waals surface area contributed by atoms with Crippen molar-refractivity contribution in [2.75, 3.05) is 13.2 Å². The van der Waals surface area contributed by atoms with E-state index in [4.69, 9.17) is 9.47 Å². The molecule has 0 unspecified atom stereocenters. The second-order valence-electron chi connectivity index (χ2n) is 5.90. The molecule has 2 heteroatoms. The van der Waals surface area contributed by atoms with E-state index in [9.17, 15) is 0 Å². The van der Waals surface area contributed by atoms with Gasteiger partial charge in [0.2, 0.25) is 0 Å². The molecule has 0 aliphatic heterocycles. The van der Waals surface area contributed by atoms with Crippen molar-refractivity contribution in [3.8, 4) is 0 Å². The van der Waals surface area contributed by atoms with Crippen molar-refractivity contribution in [1.82, 2.24) is 0 Å². The third-order valence-electron chi connectivity index (χ3n) is 3.70. The van der Waals surface area contributed by atoms with E-state index in [2.05, 4.69) is 26.5 Å². The van der Waals surface area contributed by atoms with Crippen LogP contribution in [0.1, 0.15) is 84.5 Å². The van der Waals surface area contributed by atoms with Crippen LogP contribution in [0.3, 0.4) is 0 Å². The van der Waals surface area contributed by atoms with E-state index < -0.39 is 0 Å². The summed E-state index contributed by atoms with van der Waals surface area (Å²) in [6.45, 7) is 9.81. The minimum atomic E-state index is -0.0893. The van der Waals surface area contributed by atoms with Gasteiger partial charge >= 0.3 is 0 Å². The molecule has 22 heavy (non-hydrogen) atoms. The lowest BCUT2D eigenvalue weighted by molar-refractivity contribution is -0.141. The summed E-state index contributed by atoms with van der Waals surface area (Å²) in [5.74, 6) is 0. The van der Waals surface area contributed by atoms with Gasteiger partial charge in [-0.05, 0) is 12.8 Å². The topological polar surface area (TPSA) is 18.5 Å². The Morgan fingerprint density at radius 2 is 1.27 bits per heavy atom. The summed E-state index contributed by atoms with van der Waals surface area (Å²) in [6, 6.07) is 0. The maximum atomic E-state index is 5.89. The second kappa shape index (κ2) is 18.4. The fourth-order valence-corrected chi connectivity index (χ4v) is 2.31. The van der Waals surface area contributed by atoms with E-state index in [1.165, 1.54) is 51.4 Å². The smallest absolute Gasteiger partial charge is 0.160 e. The molecule has 0 N–H and O–H groups in total. The number of unbranched alkanes of at least 4 members (excludes halogenated alkanes) is 8. The van der Waals surface area contributed by atoms with Crippen molar-refractivity contribution in [1.29, 1.82) is 0 Å². The monoisotopic (exact) mass is 310 g/mol. The molecular weight excluding hydrogens is 272 g/mol. The first-order valence-corrected chi connectivity index (χ1v) is 9.35. The average molecular weight is 311 g/mol. The summed E-state index contributed by atoms with van der Waals surface area (Å²) >= 11 is 0. The van der Waals surface area contributed by atoms with Crippen LogP contribution < -0.4 is 0 Å². The zero-order valence-electron chi connectivity index (χ0n) is 15.0. The number of allylic oxidation sites excluding steroid dienone is 2. The summed E-state index contributed by atoms with van der Waals surface area (Å²) in [4.78, 5) is 0. The standard InChI is InChI=1S/C20H38O2/c1-4-7-10-12-15-18-21-20(17-14-9-6-3)22-19-16-13-11-8-5-2/h6,9,14,20H,3-5,7-8,10-13,15-19H2,1-2H3/b14-9+. The molecule has 0 atom stereocenters. The number of ether oxygens (including phenoxy) is 2. The van der Waals surface area contributed by atoms with Crippen molar-refractivity contribution >= 4 is 0 Å². The highest BCUT2D eigenvalue weighted by molar-refractivity contribution is 4.97. The minimum absolute atomic E-state index is 0.0893. The predicted molar refractivity (Wildman–Crippen MR) is 97.2 cm³/mol. The molecule has 0 saturated carbocycles. The molecule has 0 radical (unpaired) electrons. The van der Waals surface area contributed by atoms with Gasteiger partial charge in [-0.2, -0.15) is 0 Å². The summed E-state index contributed by atoms with van der Waals surface area (Å²) in [5, 5.41) is 0. The molecule has 0 heterocycles. The van der Waals surface area contributed by atoms with Gasteiger partial charge in [0.1, 0.15) is 0 Å². The van der Waals surface area contributed by atoms with Crippen LogP contribution in [-0.4, -0.2) is 19.5 Å². The molecule has 0 spiro atoms. The van der Waals surface area contributed by atoms with Gasteiger partial charge in [-0.1, -0.05) is 90.0 Å². The predicted octanol–water partition coefficient (Wildman–Crippen LogP) is 6.42. The van der Waals surface area contributed by atoms with Crippen LogP contribution in [0.15, 0.2) is 24.8 Å². The van der Waals surface area contributed by atoms with E-state index in [-0.39, 0.29) is 6.29 Å². The Hall–Kier alpha value is -0.600. The molecule has 0 aromatic rings. The summed E-state index contributed by atoms with van der Waals surface area (Å²) in [6.07, 6.45) is 19.2. The number of hydrogen-bond acceptors (Lipinski definition) is 2. The Morgan fingerprint density at radius 3 is 1.73 bits per heavy atom. The van der Waals surface area contributed by atoms with E-state index >= 15 is 0 Å². The highest BCUT2D eigenvalue weighted by atomic mass is 16.7. The minimum Gasteiger partial charge on any atom is -0.352 e. The number of hydrogen-bond donors (Lipinski definition) is 0. The lowest BCUT2D eigenvalue weighted by atomic mass is 10.2. The van der Waals surface area contributed by atoms with Gasteiger partial charge < -0.3 is 9.47 Å². The molecule has 0 aromatic carbocycles. The van der Waals surface area contributed by atoms with E-state index in [0.29, 0.717) is 0 Å². The largest absolute Gasteiger partial charge is 0.352 e. The zero-order valence-corrected chi connectivity index (χ0v) is 15.0. The second-order valence-corrected chi connectivity index (χ2v) is 5.90. The molecule has 2 nitrogen and oxygen atoms in total. The van der Waals surface area contributed by atoms with Crippen LogP contribution in [0.25, 0.3) is 0 Å². The molecule has 0 amide bonds. The Bertz CT molecular complexity index is 232. The fourth-order valence-electron chi connectivity index (χ4n) is 2.31. The van der Waals surface area contributed by atoms with Crippen molar-refractivity contribution < 1.29 is 9.47 Å². The highest BCUT2D eigenvalue weighted by Crippen LogP contribution is 2.09. The van der Waals surface area contributed by atoms with Gasteiger partial charge in [0, 0.05) is 19.6 Å². The Labute approximate surface area is 139 Å². The maximum absolute atomic E-state index is 5.89. The van der Waals surface area contributed by atoms with Gasteiger partial charge in [0.15, 0.2) is 6.29 Å². The van der Waals surface area contributed by atoms with Crippen LogP contribution >= 0.6 is 0 Å². The van der Waals surface area contributed by atoms with Crippen LogP contribution in [-0.2, 0) is 9.47 Å². The molecule has 130 valence electrons. The molecule has 0 bridgehead atoms. The Kier molecular flexibility index (Phi) is 17.9. The molecule has 0 rings (SSSR count). The van der Waals surface area contributed by atoms with Crippen molar-refractivity contribution in [3.63, 3.8) is 0 Å². The molecule has 0 saturated heterocycles. The third-order valence-corrected chi connectivity index (χ3v) is 3.70. The quantitative estimate of drug-likeness (QED) is 0.175. The maximum Gasteiger partial charge on any atom is 0.160 e. The Morgan fingerprint density at radius 1 is 0.773 bits per heavy atom. The van der Waals surface area contributed by atoms with E-state index in [1.54, 1.807) is 6.08 Å². The van der Waals surface area contributed by atoms with Crippen LogP contribution in [0.2, 0.25) is 0 Å². The van der Waals surface area contributed by atoms with E-state index in [0.717, 1.165) is 32.5 Å². The van der Waals surface area contributed by atoms with Gasteiger partial charge in [-0.15, -0.1) is 0 Å². The van der Waals surface area contributed by atoms with Crippen molar-refractivity contribution in [3.05, 3.63) is 24.8 Å². The van der Waals surface area contributed by atoms with E-state index in [1.807, 2.05) is 6.08 Å². The van der Waals surface area contributed by atoms with Gasteiger partial charge in [0.05, 0.1) is 0 Å². The van der Waals surface area contributed by atoms with Crippen LogP contribution in [0.4, 0.5) is 0 Å². The lowest BCUT2D eigenvalue weighted by Crippen LogP contribution is -2.18. The van der Waals surface area contributed by atoms with Crippen LogP contribution in [0.5, 0.6) is 0 Å². The zero-order chi connectivity index (χ0) is 16.3.